The number of esters is 1. The van der Waals surface area contributed by atoms with Crippen molar-refractivity contribution in [3.63, 3.8) is 0 Å². The van der Waals surface area contributed by atoms with E-state index in [-0.39, 0.29) is 5.97 Å². The molecule has 20 heavy (non-hydrogen) atoms. The van der Waals surface area contributed by atoms with Crippen molar-refractivity contribution >= 4 is 5.97 Å². The van der Waals surface area contributed by atoms with Gasteiger partial charge in [0.25, 0.3) is 0 Å². The van der Waals surface area contributed by atoms with Gasteiger partial charge in [-0.1, -0.05) is 19.1 Å². The Morgan fingerprint density at radius 3 is 2.20 bits per heavy atom. The second-order valence-electron chi connectivity index (χ2n) is 4.15. The maximum absolute atomic E-state index is 11.8. The molecule has 0 aromatic heterocycles. The highest BCUT2D eigenvalue weighted by molar-refractivity contribution is 5.88. The van der Waals surface area contributed by atoms with Crippen molar-refractivity contribution in [2.24, 2.45) is 0 Å². The maximum Gasteiger partial charge on any atom is 0.333 e. The molecule has 0 amide bonds. The number of rotatable bonds is 7. The first-order valence-corrected chi connectivity index (χ1v) is 6.73. The lowest BCUT2D eigenvalue weighted by Crippen LogP contribution is -2.07. The number of carbonyl (C=O) groups excluding carboxylic acids is 1. The molecule has 0 spiro atoms. The summed E-state index contributed by atoms with van der Waals surface area (Å²) in [5.41, 5.74) is 1.59. The highest BCUT2D eigenvalue weighted by Crippen LogP contribution is 2.29. The van der Waals surface area contributed by atoms with Crippen LogP contribution in [0, 0.1) is 0 Å². The van der Waals surface area contributed by atoms with E-state index in [4.69, 9.17) is 14.2 Å². The Balaban J connectivity index is 2.99. The molecule has 0 bridgehead atoms. The van der Waals surface area contributed by atoms with E-state index in [9.17, 15) is 4.79 Å². The Hall–Kier alpha value is -1.97. The van der Waals surface area contributed by atoms with Crippen LogP contribution in [0.5, 0.6) is 11.5 Å². The number of hydrogen-bond acceptors (Lipinski definition) is 4. The van der Waals surface area contributed by atoms with Gasteiger partial charge in [0.1, 0.15) is 11.5 Å². The van der Waals surface area contributed by atoms with E-state index >= 15 is 0 Å². The van der Waals surface area contributed by atoms with E-state index in [1.54, 1.807) is 21.1 Å². The zero-order chi connectivity index (χ0) is 15.0. The Morgan fingerprint density at radius 2 is 1.75 bits per heavy atom. The molecule has 0 radical (unpaired) electrons. The smallest absolute Gasteiger partial charge is 0.333 e. The van der Waals surface area contributed by atoms with Crippen LogP contribution in [0.1, 0.15) is 25.8 Å². The molecule has 0 saturated carbocycles. The summed E-state index contributed by atoms with van der Waals surface area (Å²) < 4.78 is 15.7. The van der Waals surface area contributed by atoms with Crippen molar-refractivity contribution in [3.8, 4) is 11.5 Å². The van der Waals surface area contributed by atoms with Crippen LogP contribution < -0.4 is 9.47 Å². The molecule has 0 N–H and O–H groups in total. The van der Waals surface area contributed by atoms with Crippen molar-refractivity contribution in [3.05, 3.63) is 35.4 Å². The Morgan fingerprint density at radius 1 is 1.15 bits per heavy atom. The molecule has 0 atom stereocenters. The van der Waals surface area contributed by atoms with Gasteiger partial charge >= 0.3 is 5.97 Å². The summed E-state index contributed by atoms with van der Waals surface area (Å²) in [6, 6.07) is 5.63. The second kappa shape index (κ2) is 8.25. The molecule has 1 aromatic rings. The Labute approximate surface area is 120 Å². The molecule has 110 valence electrons. The highest BCUT2D eigenvalue weighted by atomic mass is 16.5. The molecule has 4 heteroatoms. The van der Waals surface area contributed by atoms with E-state index < -0.39 is 0 Å². The van der Waals surface area contributed by atoms with Gasteiger partial charge in [0, 0.05) is 11.1 Å². The third-order valence-corrected chi connectivity index (χ3v) is 3.00. The first-order chi connectivity index (χ1) is 9.67. The minimum Gasteiger partial charge on any atom is -0.496 e. The molecule has 0 unspecified atom stereocenters. The molecule has 0 aliphatic carbocycles. The first kappa shape index (κ1) is 16.1. The molecule has 0 heterocycles. The fourth-order valence-corrected chi connectivity index (χ4v) is 1.95. The molecular weight excluding hydrogens is 256 g/mol. The number of hydrogen-bond donors (Lipinski definition) is 0. The van der Waals surface area contributed by atoms with Crippen LogP contribution in [-0.2, 0) is 16.0 Å². The predicted octanol–water partition coefficient (Wildman–Crippen LogP) is 3.15. The van der Waals surface area contributed by atoms with Crippen LogP contribution in [-0.4, -0.2) is 26.8 Å². The number of ether oxygens (including phenoxy) is 3. The molecular formula is C16H22O4. The van der Waals surface area contributed by atoms with Gasteiger partial charge < -0.3 is 14.2 Å². The lowest BCUT2D eigenvalue weighted by molar-refractivity contribution is -0.138. The lowest BCUT2D eigenvalue weighted by Gasteiger charge is -2.12. The Kier molecular flexibility index (Phi) is 6.64. The standard InChI is InChI=1S/C16H22O4/c1-5-12(16(17)20-6-2)10-11-13-14(18-3)8-7-9-15(13)19-4/h7-10H,5-6,11H2,1-4H3/b12-10+. The molecule has 4 nitrogen and oxygen atoms in total. The lowest BCUT2D eigenvalue weighted by atomic mass is 10.1. The Bertz CT molecular complexity index is 455. The molecule has 0 fully saturated rings. The number of allylic oxidation sites excluding steroid dienone is 1. The van der Waals surface area contributed by atoms with Crippen molar-refractivity contribution in [1.29, 1.82) is 0 Å². The summed E-state index contributed by atoms with van der Waals surface area (Å²) in [6.07, 6.45) is 3.07. The van der Waals surface area contributed by atoms with Gasteiger partial charge in [-0.2, -0.15) is 0 Å². The first-order valence-electron chi connectivity index (χ1n) is 6.73. The third-order valence-electron chi connectivity index (χ3n) is 3.00. The zero-order valence-corrected chi connectivity index (χ0v) is 12.6. The van der Waals surface area contributed by atoms with Crippen LogP contribution in [0.4, 0.5) is 0 Å². The minimum absolute atomic E-state index is 0.260. The minimum atomic E-state index is -0.260. The molecule has 0 aliphatic heterocycles. The van der Waals surface area contributed by atoms with Crippen molar-refractivity contribution in [1.82, 2.24) is 0 Å². The number of carbonyl (C=O) groups is 1. The number of methoxy groups -OCH3 is 2. The van der Waals surface area contributed by atoms with Crippen LogP contribution in [0.2, 0.25) is 0 Å². The summed E-state index contributed by atoms with van der Waals surface area (Å²) in [6.45, 7) is 4.12. The fourth-order valence-electron chi connectivity index (χ4n) is 1.95. The van der Waals surface area contributed by atoms with Gasteiger partial charge in [0.05, 0.1) is 20.8 Å². The topological polar surface area (TPSA) is 44.8 Å². The van der Waals surface area contributed by atoms with Gasteiger partial charge in [0.15, 0.2) is 0 Å². The average Bonchev–Trinajstić information content (AvgIpc) is 2.47. The van der Waals surface area contributed by atoms with Crippen molar-refractivity contribution in [2.75, 3.05) is 20.8 Å². The summed E-state index contributed by atoms with van der Waals surface area (Å²) in [4.78, 5) is 11.8. The summed E-state index contributed by atoms with van der Waals surface area (Å²) in [7, 11) is 3.24. The van der Waals surface area contributed by atoms with Gasteiger partial charge in [-0.3, -0.25) is 0 Å². The molecule has 0 saturated heterocycles. The SMILES string of the molecule is CCOC(=O)/C(=C/Cc1c(OC)cccc1OC)CC. The van der Waals surface area contributed by atoms with E-state index in [2.05, 4.69) is 0 Å². The second-order valence-corrected chi connectivity index (χ2v) is 4.15. The van der Waals surface area contributed by atoms with Gasteiger partial charge in [-0.15, -0.1) is 0 Å². The molecule has 0 aliphatic rings. The van der Waals surface area contributed by atoms with Gasteiger partial charge in [-0.25, -0.2) is 4.79 Å². The van der Waals surface area contributed by atoms with Crippen molar-refractivity contribution < 1.29 is 19.0 Å². The van der Waals surface area contributed by atoms with Crippen LogP contribution >= 0.6 is 0 Å². The highest BCUT2D eigenvalue weighted by Gasteiger charge is 2.11. The molecule has 1 aromatic carbocycles. The van der Waals surface area contributed by atoms with E-state index in [0.29, 0.717) is 25.0 Å². The van der Waals surface area contributed by atoms with Crippen LogP contribution in [0.25, 0.3) is 0 Å². The zero-order valence-electron chi connectivity index (χ0n) is 12.6. The van der Waals surface area contributed by atoms with Gasteiger partial charge in [-0.05, 0) is 31.9 Å². The average molecular weight is 278 g/mol. The van der Waals surface area contributed by atoms with E-state index in [1.165, 1.54) is 0 Å². The number of benzene rings is 1. The fraction of sp³-hybridized carbons (Fsp3) is 0.438. The monoisotopic (exact) mass is 278 g/mol. The van der Waals surface area contributed by atoms with Gasteiger partial charge in [0.2, 0.25) is 0 Å². The predicted molar refractivity (Wildman–Crippen MR) is 78.3 cm³/mol. The van der Waals surface area contributed by atoms with Crippen molar-refractivity contribution in [2.45, 2.75) is 26.7 Å². The third kappa shape index (κ3) is 4.02. The van der Waals surface area contributed by atoms with Crippen LogP contribution in [0.3, 0.4) is 0 Å². The van der Waals surface area contributed by atoms with Crippen LogP contribution in [0.15, 0.2) is 29.8 Å². The quantitative estimate of drug-likeness (QED) is 0.568. The van der Waals surface area contributed by atoms with E-state index in [0.717, 1.165) is 17.1 Å². The summed E-state index contributed by atoms with van der Waals surface area (Å²) >= 11 is 0. The summed E-state index contributed by atoms with van der Waals surface area (Å²) in [5.74, 6) is 1.24. The molecule has 1 rings (SSSR count). The largest absolute Gasteiger partial charge is 0.496 e. The normalized spacial score (nSPS) is 11.1. The summed E-state index contributed by atoms with van der Waals surface area (Å²) in [5, 5.41) is 0. The maximum atomic E-state index is 11.8. The van der Waals surface area contributed by atoms with E-state index in [1.807, 2.05) is 31.2 Å².